The number of piperazine rings is 1. The molecule has 0 saturated carbocycles. The Hall–Kier alpha value is -2.07. The van der Waals surface area contributed by atoms with Crippen LogP contribution in [0.3, 0.4) is 0 Å². The van der Waals surface area contributed by atoms with Crippen LogP contribution in [-0.2, 0) is 5.41 Å². The average molecular weight is 312 g/mol. The predicted octanol–water partition coefficient (Wildman–Crippen LogP) is 3.29. The molecule has 122 valence electrons. The first kappa shape index (κ1) is 15.8. The average Bonchev–Trinajstić information content (AvgIpc) is 3.04. The Morgan fingerprint density at radius 2 is 1.70 bits per heavy atom. The molecule has 0 atom stereocenters. The largest absolute Gasteiger partial charge is 0.451 e. The van der Waals surface area contributed by atoms with Gasteiger partial charge in [-0.05, 0) is 23.1 Å². The molecule has 0 bridgehead atoms. The van der Waals surface area contributed by atoms with Crippen molar-refractivity contribution in [3.8, 4) is 11.3 Å². The normalized spacial score (nSPS) is 15.7. The maximum absolute atomic E-state index is 12.4. The fraction of sp³-hybridized carbons (Fsp3) is 0.421. The first-order valence-electron chi connectivity index (χ1n) is 8.16. The molecule has 1 fully saturated rings. The molecule has 1 aliphatic heterocycles. The number of benzene rings is 1. The van der Waals surface area contributed by atoms with E-state index in [1.807, 2.05) is 11.0 Å². The summed E-state index contributed by atoms with van der Waals surface area (Å²) in [6.45, 7) is 9.73. The van der Waals surface area contributed by atoms with Crippen molar-refractivity contribution in [2.75, 3.05) is 26.2 Å². The van der Waals surface area contributed by atoms with Crippen molar-refractivity contribution in [2.45, 2.75) is 26.2 Å². The van der Waals surface area contributed by atoms with Crippen LogP contribution >= 0.6 is 0 Å². The third kappa shape index (κ3) is 3.48. The Balaban J connectivity index is 1.77. The van der Waals surface area contributed by atoms with Gasteiger partial charge < -0.3 is 14.6 Å². The third-order valence-corrected chi connectivity index (χ3v) is 4.26. The maximum Gasteiger partial charge on any atom is 0.289 e. The summed E-state index contributed by atoms with van der Waals surface area (Å²) in [5.74, 6) is 1.13. The highest BCUT2D eigenvalue weighted by atomic mass is 16.4. The molecule has 23 heavy (non-hydrogen) atoms. The Morgan fingerprint density at radius 1 is 1.04 bits per heavy atom. The van der Waals surface area contributed by atoms with E-state index in [2.05, 4.69) is 50.4 Å². The highest BCUT2D eigenvalue weighted by molar-refractivity contribution is 5.92. The fourth-order valence-electron chi connectivity index (χ4n) is 2.77. The lowest BCUT2D eigenvalue weighted by Crippen LogP contribution is -2.46. The van der Waals surface area contributed by atoms with E-state index < -0.39 is 0 Å². The number of nitrogens with one attached hydrogen (secondary N) is 1. The van der Waals surface area contributed by atoms with Gasteiger partial charge in [0.2, 0.25) is 0 Å². The zero-order valence-corrected chi connectivity index (χ0v) is 14.1. The minimum absolute atomic E-state index is 0.0240. The number of nitrogens with zero attached hydrogens (tertiary/aromatic N) is 1. The van der Waals surface area contributed by atoms with Gasteiger partial charge in [0, 0.05) is 31.7 Å². The van der Waals surface area contributed by atoms with Gasteiger partial charge in [-0.2, -0.15) is 0 Å². The van der Waals surface area contributed by atoms with Crippen molar-refractivity contribution in [1.29, 1.82) is 0 Å². The summed E-state index contributed by atoms with van der Waals surface area (Å²) < 4.78 is 5.80. The van der Waals surface area contributed by atoms with Gasteiger partial charge in [-0.3, -0.25) is 4.79 Å². The number of hydrogen-bond donors (Lipinski definition) is 1. The van der Waals surface area contributed by atoms with Gasteiger partial charge in [0.05, 0.1) is 0 Å². The lowest BCUT2D eigenvalue weighted by atomic mass is 9.86. The smallest absolute Gasteiger partial charge is 0.289 e. The number of furan rings is 1. The molecule has 1 aromatic carbocycles. The summed E-state index contributed by atoms with van der Waals surface area (Å²) in [5, 5.41) is 3.24. The first-order valence-corrected chi connectivity index (χ1v) is 8.16. The number of carbonyl (C=O) groups excluding carboxylic acids is 1. The van der Waals surface area contributed by atoms with Crippen LogP contribution in [0.15, 0.2) is 40.8 Å². The summed E-state index contributed by atoms with van der Waals surface area (Å²) in [6, 6.07) is 12.0. The van der Waals surface area contributed by atoms with Gasteiger partial charge in [-0.1, -0.05) is 45.0 Å². The van der Waals surface area contributed by atoms with Crippen LogP contribution in [0.5, 0.6) is 0 Å². The Labute approximate surface area is 137 Å². The predicted molar refractivity (Wildman–Crippen MR) is 91.6 cm³/mol. The van der Waals surface area contributed by atoms with Crippen LogP contribution in [-0.4, -0.2) is 37.0 Å². The van der Waals surface area contributed by atoms with E-state index in [1.54, 1.807) is 6.07 Å². The monoisotopic (exact) mass is 312 g/mol. The topological polar surface area (TPSA) is 45.5 Å². The van der Waals surface area contributed by atoms with Crippen LogP contribution in [0.4, 0.5) is 0 Å². The molecule has 0 aliphatic carbocycles. The molecular weight excluding hydrogens is 288 g/mol. The van der Waals surface area contributed by atoms with E-state index in [0.717, 1.165) is 37.5 Å². The molecule has 1 aliphatic rings. The second kappa shape index (κ2) is 6.20. The van der Waals surface area contributed by atoms with Gasteiger partial charge in [0.15, 0.2) is 5.76 Å². The van der Waals surface area contributed by atoms with Crippen molar-refractivity contribution in [3.63, 3.8) is 0 Å². The van der Waals surface area contributed by atoms with Crippen LogP contribution in [0, 0.1) is 0 Å². The molecule has 2 heterocycles. The molecule has 1 N–H and O–H groups in total. The highest BCUT2D eigenvalue weighted by Crippen LogP contribution is 2.27. The Morgan fingerprint density at radius 3 is 2.30 bits per heavy atom. The summed E-state index contributed by atoms with van der Waals surface area (Å²) in [5.41, 5.74) is 2.41. The van der Waals surface area contributed by atoms with Crippen LogP contribution in [0.1, 0.15) is 36.9 Å². The highest BCUT2D eigenvalue weighted by Gasteiger charge is 2.21. The molecule has 2 aromatic rings. The zero-order valence-electron chi connectivity index (χ0n) is 14.1. The van der Waals surface area contributed by atoms with E-state index in [1.165, 1.54) is 5.56 Å². The van der Waals surface area contributed by atoms with Gasteiger partial charge >= 0.3 is 0 Å². The molecule has 0 radical (unpaired) electrons. The van der Waals surface area contributed by atoms with Gasteiger partial charge in [0.1, 0.15) is 5.76 Å². The maximum atomic E-state index is 12.4. The second-order valence-electron chi connectivity index (χ2n) is 7.03. The molecule has 1 saturated heterocycles. The van der Waals surface area contributed by atoms with E-state index >= 15 is 0 Å². The first-order chi connectivity index (χ1) is 10.9. The lowest BCUT2D eigenvalue weighted by Gasteiger charge is -2.26. The summed E-state index contributed by atoms with van der Waals surface area (Å²) in [4.78, 5) is 14.3. The molecule has 0 spiro atoms. The van der Waals surface area contributed by atoms with Crippen LogP contribution in [0.25, 0.3) is 11.3 Å². The Bertz CT molecular complexity index is 674. The van der Waals surface area contributed by atoms with E-state index in [0.29, 0.717) is 5.76 Å². The van der Waals surface area contributed by atoms with Crippen LogP contribution < -0.4 is 5.32 Å². The van der Waals surface area contributed by atoms with E-state index in [-0.39, 0.29) is 11.3 Å². The SMILES string of the molecule is CC(C)(C)c1ccc(-c2ccc(C(=O)N3CCNCC3)o2)cc1. The number of carbonyl (C=O) groups is 1. The molecular formula is C19H24N2O2. The van der Waals surface area contributed by atoms with Gasteiger partial charge in [0.25, 0.3) is 5.91 Å². The van der Waals surface area contributed by atoms with Crippen molar-refractivity contribution in [3.05, 3.63) is 47.7 Å². The molecule has 4 heteroatoms. The standard InChI is InChI=1S/C19H24N2O2/c1-19(2,3)15-6-4-14(5-7-15)16-8-9-17(23-16)18(22)21-12-10-20-11-13-21/h4-9,20H,10-13H2,1-3H3. The van der Waals surface area contributed by atoms with Crippen molar-refractivity contribution >= 4 is 5.91 Å². The van der Waals surface area contributed by atoms with E-state index in [4.69, 9.17) is 4.42 Å². The minimum atomic E-state index is -0.0240. The number of rotatable bonds is 2. The van der Waals surface area contributed by atoms with Gasteiger partial charge in [-0.15, -0.1) is 0 Å². The van der Waals surface area contributed by atoms with Crippen molar-refractivity contribution < 1.29 is 9.21 Å². The lowest BCUT2D eigenvalue weighted by molar-refractivity contribution is 0.0704. The molecule has 1 amide bonds. The summed E-state index contributed by atoms with van der Waals surface area (Å²) >= 11 is 0. The van der Waals surface area contributed by atoms with E-state index in [9.17, 15) is 4.79 Å². The Kier molecular flexibility index (Phi) is 4.26. The van der Waals surface area contributed by atoms with Crippen LogP contribution in [0.2, 0.25) is 0 Å². The summed E-state index contributed by atoms with van der Waals surface area (Å²) in [6.07, 6.45) is 0. The van der Waals surface area contributed by atoms with Crippen molar-refractivity contribution in [1.82, 2.24) is 10.2 Å². The quantitative estimate of drug-likeness (QED) is 0.925. The fourth-order valence-corrected chi connectivity index (χ4v) is 2.77. The second-order valence-corrected chi connectivity index (χ2v) is 7.03. The molecule has 0 unspecified atom stereocenters. The molecule has 3 rings (SSSR count). The zero-order chi connectivity index (χ0) is 16.4. The molecule has 4 nitrogen and oxygen atoms in total. The number of hydrogen-bond acceptors (Lipinski definition) is 3. The molecule has 1 aromatic heterocycles. The van der Waals surface area contributed by atoms with Gasteiger partial charge in [-0.25, -0.2) is 0 Å². The van der Waals surface area contributed by atoms with Crippen molar-refractivity contribution in [2.24, 2.45) is 0 Å². The summed E-state index contributed by atoms with van der Waals surface area (Å²) in [7, 11) is 0. The third-order valence-electron chi connectivity index (χ3n) is 4.26. The number of amides is 1. The minimum Gasteiger partial charge on any atom is -0.451 e.